The van der Waals surface area contributed by atoms with Gasteiger partial charge in [-0.05, 0) is 72.5 Å². The Kier molecular flexibility index (Phi) is 5.96. The van der Waals surface area contributed by atoms with Crippen LogP contribution >= 0.6 is 22.6 Å². The van der Waals surface area contributed by atoms with Crippen LogP contribution < -0.4 is 5.32 Å². The van der Waals surface area contributed by atoms with Crippen LogP contribution in [0.15, 0.2) is 24.3 Å². The van der Waals surface area contributed by atoms with E-state index in [-0.39, 0.29) is 0 Å². The minimum absolute atomic E-state index is 0.477. The van der Waals surface area contributed by atoms with Gasteiger partial charge in [0.25, 0.3) is 0 Å². The van der Waals surface area contributed by atoms with Crippen molar-refractivity contribution >= 4 is 22.6 Å². The summed E-state index contributed by atoms with van der Waals surface area (Å²) in [6.07, 6.45) is 8.65. The highest BCUT2D eigenvalue weighted by atomic mass is 127. The average molecular weight is 357 g/mol. The molecule has 1 aliphatic rings. The van der Waals surface area contributed by atoms with Crippen LogP contribution in [-0.4, -0.2) is 6.54 Å². The summed E-state index contributed by atoms with van der Waals surface area (Å²) in [6.45, 7) is 3.42. The Balaban J connectivity index is 1.64. The van der Waals surface area contributed by atoms with E-state index in [2.05, 4.69) is 59.1 Å². The lowest BCUT2D eigenvalue weighted by Gasteiger charge is -2.15. The summed E-state index contributed by atoms with van der Waals surface area (Å²) >= 11 is 2.36. The molecular weight excluding hydrogens is 333 g/mol. The van der Waals surface area contributed by atoms with Crippen LogP contribution in [0.2, 0.25) is 0 Å². The molecule has 0 aliphatic heterocycles. The predicted molar refractivity (Wildman–Crippen MR) is 86.8 cm³/mol. The number of benzene rings is 1. The predicted octanol–water partition coefficient (Wildman–Crippen LogP) is 4.91. The first-order valence-corrected chi connectivity index (χ1v) is 8.32. The first-order chi connectivity index (χ1) is 8.75. The van der Waals surface area contributed by atoms with Gasteiger partial charge in [-0.15, -0.1) is 0 Å². The zero-order valence-electron chi connectivity index (χ0n) is 11.3. The van der Waals surface area contributed by atoms with Crippen molar-refractivity contribution in [2.24, 2.45) is 5.92 Å². The van der Waals surface area contributed by atoms with Gasteiger partial charge < -0.3 is 5.32 Å². The molecule has 0 saturated heterocycles. The molecule has 18 heavy (non-hydrogen) atoms. The molecule has 0 heterocycles. The van der Waals surface area contributed by atoms with Crippen LogP contribution in [0, 0.1) is 9.49 Å². The van der Waals surface area contributed by atoms with E-state index in [9.17, 15) is 0 Å². The normalized spacial score (nSPS) is 18.1. The van der Waals surface area contributed by atoms with Crippen molar-refractivity contribution in [2.45, 2.75) is 51.5 Å². The summed E-state index contributed by atoms with van der Waals surface area (Å²) in [7, 11) is 0. The molecule has 1 atom stereocenters. The SMILES string of the molecule is CC(NCCCC1CCCC1)c1ccc(I)cc1. The van der Waals surface area contributed by atoms with Crippen molar-refractivity contribution in [3.63, 3.8) is 0 Å². The molecule has 0 amide bonds. The molecule has 1 unspecified atom stereocenters. The Morgan fingerprint density at radius 1 is 1.22 bits per heavy atom. The second-order valence-corrected chi connectivity index (χ2v) is 6.77. The molecule has 2 rings (SSSR count). The van der Waals surface area contributed by atoms with E-state index >= 15 is 0 Å². The molecule has 0 bridgehead atoms. The topological polar surface area (TPSA) is 12.0 Å². The minimum atomic E-state index is 0.477. The molecule has 1 saturated carbocycles. The number of rotatable bonds is 6. The maximum Gasteiger partial charge on any atom is 0.0291 e. The van der Waals surface area contributed by atoms with Gasteiger partial charge in [-0.25, -0.2) is 0 Å². The van der Waals surface area contributed by atoms with Crippen LogP contribution in [0.3, 0.4) is 0 Å². The highest BCUT2D eigenvalue weighted by molar-refractivity contribution is 14.1. The average Bonchev–Trinajstić information content (AvgIpc) is 2.88. The monoisotopic (exact) mass is 357 g/mol. The molecule has 1 fully saturated rings. The lowest BCUT2D eigenvalue weighted by atomic mass is 10.0. The molecule has 1 aromatic carbocycles. The fourth-order valence-corrected chi connectivity index (χ4v) is 3.24. The molecule has 0 spiro atoms. The molecule has 0 aromatic heterocycles. The molecule has 0 radical (unpaired) electrons. The maximum absolute atomic E-state index is 3.64. The van der Waals surface area contributed by atoms with Gasteiger partial charge in [-0.1, -0.05) is 37.8 Å². The van der Waals surface area contributed by atoms with E-state index in [4.69, 9.17) is 0 Å². The van der Waals surface area contributed by atoms with Crippen molar-refractivity contribution in [2.75, 3.05) is 6.54 Å². The third-order valence-electron chi connectivity index (χ3n) is 4.08. The Morgan fingerprint density at radius 2 is 1.89 bits per heavy atom. The molecule has 1 N–H and O–H groups in total. The van der Waals surface area contributed by atoms with Gasteiger partial charge in [0.15, 0.2) is 0 Å². The third kappa shape index (κ3) is 4.54. The van der Waals surface area contributed by atoms with E-state index in [1.165, 1.54) is 47.7 Å². The summed E-state index contributed by atoms with van der Waals surface area (Å²) in [5, 5.41) is 3.64. The third-order valence-corrected chi connectivity index (χ3v) is 4.80. The fourth-order valence-electron chi connectivity index (χ4n) is 2.88. The van der Waals surface area contributed by atoms with E-state index in [1.54, 1.807) is 0 Å². The van der Waals surface area contributed by atoms with Crippen LogP contribution in [0.1, 0.15) is 57.1 Å². The second-order valence-electron chi connectivity index (χ2n) is 5.52. The molecule has 1 aromatic rings. The van der Waals surface area contributed by atoms with E-state index in [0.717, 1.165) is 12.5 Å². The van der Waals surface area contributed by atoms with Gasteiger partial charge in [0.05, 0.1) is 0 Å². The summed E-state index contributed by atoms with van der Waals surface area (Å²) in [5.41, 5.74) is 1.40. The Morgan fingerprint density at radius 3 is 2.56 bits per heavy atom. The van der Waals surface area contributed by atoms with E-state index in [1.807, 2.05) is 0 Å². The minimum Gasteiger partial charge on any atom is -0.310 e. The summed E-state index contributed by atoms with van der Waals surface area (Å²) in [4.78, 5) is 0. The van der Waals surface area contributed by atoms with Crippen LogP contribution in [0.4, 0.5) is 0 Å². The van der Waals surface area contributed by atoms with Crippen molar-refractivity contribution < 1.29 is 0 Å². The van der Waals surface area contributed by atoms with Gasteiger partial charge in [0.1, 0.15) is 0 Å². The van der Waals surface area contributed by atoms with Crippen molar-refractivity contribution in [3.05, 3.63) is 33.4 Å². The zero-order chi connectivity index (χ0) is 12.8. The number of halogens is 1. The molecule has 100 valence electrons. The first-order valence-electron chi connectivity index (χ1n) is 7.24. The second kappa shape index (κ2) is 7.49. The highest BCUT2D eigenvalue weighted by Crippen LogP contribution is 2.28. The number of nitrogens with one attached hydrogen (secondary N) is 1. The quantitative estimate of drug-likeness (QED) is 0.563. The number of hydrogen-bond donors (Lipinski definition) is 1. The summed E-state index contributed by atoms with van der Waals surface area (Å²) in [5.74, 6) is 1.03. The fraction of sp³-hybridized carbons (Fsp3) is 0.625. The molecular formula is C16H24IN. The van der Waals surface area contributed by atoms with Gasteiger partial charge >= 0.3 is 0 Å². The lowest BCUT2D eigenvalue weighted by molar-refractivity contribution is 0.456. The first kappa shape index (κ1) is 14.3. The van der Waals surface area contributed by atoms with Crippen LogP contribution in [-0.2, 0) is 0 Å². The summed E-state index contributed by atoms with van der Waals surface area (Å²) in [6, 6.07) is 9.32. The van der Waals surface area contributed by atoms with Gasteiger partial charge in [0.2, 0.25) is 0 Å². The standard InChI is InChI=1S/C16H24IN/c1-13(15-8-10-16(17)11-9-15)18-12-4-7-14-5-2-3-6-14/h8-11,13-14,18H,2-7,12H2,1H3. The number of hydrogen-bond acceptors (Lipinski definition) is 1. The van der Waals surface area contributed by atoms with Gasteiger partial charge in [0, 0.05) is 9.61 Å². The Labute approximate surface area is 125 Å². The molecule has 2 heteroatoms. The molecule has 1 aliphatic carbocycles. The van der Waals surface area contributed by atoms with Crippen LogP contribution in [0.25, 0.3) is 0 Å². The van der Waals surface area contributed by atoms with E-state index in [0.29, 0.717) is 6.04 Å². The Bertz CT molecular complexity index is 341. The summed E-state index contributed by atoms with van der Waals surface area (Å²) < 4.78 is 1.31. The van der Waals surface area contributed by atoms with Crippen LogP contribution in [0.5, 0.6) is 0 Å². The smallest absolute Gasteiger partial charge is 0.0291 e. The Hall–Kier alpha value is -0.0900. The van der Waals surface area contributed by atoms with Crippen molar-refractivity contribution in [1.82, 2.24) is 5.32 Å². The van der Waals surface area contributed by atoms with Crippen molar-refractivity contribution in [1.29, 1.82) is 0 Å². The maximum atomic E-state index is 3.64. The lowest BCUT2D eigenvalue weighted by Crippen LogP contribution is -2.20. The highest BCUT2D eigenvalue weighted by Gasteiger charge is 2.14. The van der Waals surface area contributed by atoms with Crippen molar-refractivity contribution in [3.8, 4) is 0 Å². The zero-order valence-corrected chi connectivity index (χ0v) is 13.4. The molecule has 1 nitrogen and oxygen atoms in total. The van der Waals surface area contributed by atoms with Gasteiger partial charge in [-0.3, -0.25) is 0 Å². The van der Waals surface area contributed by atoms with E-state index < -0.39 is 0 Å². The largest absolute Gasteiger partial charge is 0.310 e. The van der Waals surface area contributed by atoms with Gasteiger partial charge in [-0.2, -0.15) is 0 Å².